The van der Waals surface area contributed by atoms with E-state index in [-0.39, 0.29) is 42.1 Å². The fraction of sp³-hybridized carbons (Fsp3) is 0.480. The first-order valence-electron chi connectivity index (χ1n) is 11.8. The lowest BCUT2D eigenvalue weighted by Crippen LogP contribution is -2.55. The lowest BCUT2D eigenvalue weighted by molar-refractivity contribution is -0.136. The van der Waals surface area contributed by atoms with Crippen LogP contribution in [0.4, 0.5) is 13.2 Å². The zero-order chi connectivity index (χ0) is 26.3. The molecule has 3 atom stereocenters. The maximum absolute atomic E-state index is 13.1. The standard InChI is InChI=1S/C25H28F3N3O4S/c1-3-20-12-19-11-18(22(32)13-23(33)21-6-4-5-9-29-21)8-7-17(19)10-16(2)24(20)14-31(15-25(26,27)28)36(34,35)30-24/h4-9,11,16,20,30H,3,10,12-15H2,1-2H3/t16-,20+,24+/m0/s1. The van der Waals surface area contributed by atoms with Crippen molar-refractivity contribution in [2.75, 3.05) is 13.1 Å². The van der Waals surface area contributed by atoms with E-state index in [4.69, 9.17) is 0 Å². The van der Waals surface area contributed by atoms with E-state index < -0.39 is 28.5 Å². The Balaban J connectivity index is 1.60. The summed E-state index contributed by atoms with van der Waals surface area (Å²) < 4.78 is 67.8. The largest absolute Gasteiger partial charge is 0.402 e. The smallest absolute Gasteiger partial charge is 0.294 e. The van der Waals surface area contributed by atoms with E-state index in [9.17, 15) is 31.2 Å². The van der Waals surface area contributed by atoms with E-state index in [1.165, 1.54) is 6.20 Å². The van der Waals surface area contributed by atoms with Gasteiger partial charge >= 0.3 is 6.18 Å². The van der Waals surface area contributed by atoms with Crippen LogP contribution < -0.4 is 4.72 Å². The molecule has 1 N–H and O–H groups in total. The Morgan fingerprint density at radius 3 is 2.53 bits per heavy atom. The number of ketones is 2. The Hall–Kier alpha value is -2.63. The van der Waals surface area contributed by atoms with E-state index in [2.05, 4.69) is 9.71 Å². The molecule has 0 unspecified atom stereocenters. The number of nitrogens with one attached hydrogen (secondary N) is 1. The summed E-state index contributed by atoms with van der Waals surface area (Å²) in [5, 5.41) is 0. The number of Topliss-reactive ketones (excluding diaryl/α,β-unsaturated/α-hetero) is 2. The maximum atomic E-state index is 13.1. The van der Waals surface area contributed by atoms with Crippen molar-refractivity contribution >= 4 is 21.8 Å². The summed E-state index contributed by atoms with van der Waals surface area (Å²) in [6.07, 6.45) is -2.14. The number of nitrogens with zero attached hydrogens (tertiary/aromatic N) is 2. The fourth-order valence-corrected chi connectivity index (χ4v) is 7.19. The first-order chi connectivity index (χ1) is 16.8. The van der Waals surface area contributed by atoms with E-state index in [0.717, 1.165) is 11.1 Å². The van der Waals surface area contributed by atoms with Gasteiger partial charge in [0.1, 0.15) is 12.2 Å². The van der Waals surface area contributed by atoms with Crippen molar-refractivity contribution in [2.45, 2.75) is 51.2 Å². The number of rotatable bonds is 6. The van der Waals surface area contributed by atoms with Crippen LogP contribution in [0.2, 0.25) is 0 Å². The second-order valence-corrected chi connectivity index (χ2v) is 11.3. The summed E-state index contributed by atoms with van der Waals surface area (Å²) in [6, 6.07) is 10.1. The second-order valence-electron chi connectivity index (χ2n) is 9.67. The molecule has 0 radical (unpaired) electrons. The molecule has 1 saturated heterocycles. The van der Waals surface area contributed by atoms with Gasteiger partial charge in [-0.15, -0.1) is 0 Å². The minimum absolute atomic E-state index is 0.208. The molecule has 1 aromatic carbocycles. The monoisotopic (exact) mass is 523 g/mol. The maximum Gasteiger partial charge on any atom is 0.402 e. The highest BCUT2D eigenvalue weighted by Gasteiger charge is 2.56. The summed E-state index contributed by atoms with van der Waals surface area (Å²) in [4.78, 5) is 29.3. The molecule has 1 aliphatic carbocycles. The molecule has 36 heavy (non-hydrogen) atoms. The number of fused-ring (bicyclic) bond motifs is 1. The Bertz CT molecular complexity index is 1270. The van der Waals surface area contributed by atoms with E-state index in [1.807, 2.05) is 13.8 Å². The number of pyridine rings is 1. The lowest BCUT2D eigenvalue weighted by atomic mass is 9.72. The number of hydrogen-bond donors (Lipinski definition) is 1. The van der Waals surface area contributed by atoms with Gasteiger partial charge in [-0.25, -0.2) is 0 Å². The van der Waals surface area contributed by atoms with Crippen LogP contribution in [0.15, 0.2) is 42.6 Å². The molecule has 0 amide bonds. The van der Waals surface area contributed by atoms with Gasteiger partial charge < -0.3 is 0 Å². The van der Waals surface area contributed by atoms with Gasteiger partial charge in [-0.3, -0.25) is 14.6 Å². The zero-order valence-electron chi connectivity index (χ0n) is 20.0. The van der Waals surface area contributed by atoms with Crippen LogP contribution in [0.1, 0.15) is 58.7 Å². The molecule has 194 valence electrons. The van der Waals surface area contributed by atoms with Gasteiger partial charge in [0.25, 0.3) is 10.2 Å². The molecule has 0 saturated carbocycles. The van der Waals surface area contributed by atoms with Crippen molar-refractivity contribution < 1.29 is 31.2 Å². The third-order valence-electron chi connectivity index (χ3n) is 7.35. The van der Waals surface area contributed by atoms with Crippen LogP contribution in [0.3, 0.4) is 0 Å². The Kier molecular flexibility index (Phi) is 7.11. The van der Waals surface area contributed by atoms with Crippen molar-refractivity contribution in [1.82, 2.24) is 14.0 Å². The van der Waals surface area contributed by atoms with Crippen LogP contribution >= 0.6 is 0 Å². The minimum Gasteiger partial charge on any atom is -0.294 e. The van der Waals surface area contributed by atoms with Gasteiger partial charge in [-0.1, -0.05) is 38.5 Å². The van der Waals surface area contributed by atoms with Crippen LogP contribution in [0.5, 0.6) is 0 Å². The Labute approximate surface area is 208 Å². The molecule has 1 fully saturated rings. The van der Waals surface area contributed by atoms with Crippen LogP contribution in [0.25, 0.3) is 0 Å². The van der Waals surface area contributed by atoms with Crippen LogP contribution in [0, 0.1) is 11.8 Å². The molecule has 2 aromatic rings. The van der Waals surface area contributed by atoms with Gasteiger partial charge in [0.15, 0.2) is 11.6 Å². The second kappa shape index (κ2) is 9.68. The number of carbonyl (C=O) groups is 2. The Morgan fingerprint density at radius 1 is 1.14 bits per heavy atom. The molecule has 1 aromatic heterocycles. The minimum atomic E-state index is -4.65. The van der Waals surface area contributed by atoms with Gasteiger partial charge in [-0.2, -0.15) is 30.6 Å². The van der Waals surface area contributed by atoms with Crippen molar-refractivity contribution in [2.24, 2.45) is 11.8 Å². The molecule has 2 aliphatic rings. The number of aromatic nitrogens is 1. The fourth-order valence-electron chi connectivity index (χ4n) is 5.45. The first-order valence-corrected chi connectivity index (χ1v) is 13.2. The highest BCUT2D eigenvalue weighted by molar-refractivity contribution is 7.87. The summed E-state index contributed by atoms with van der Waals surface area (Å²) in [7, 11) is -4.30. The third-order valence-corrected chi connectivity index (χ3v) is 8.92. The van der Waals surface area contributed by atoms with Gasteiger partial charge in [0.05, 0.1) is 12.0 Å². The summed E-state index contributed by atoms with van der Waals surface area (Å²) in [5.41, 5.74) is 1.26. The predicted molar refractivity (Wildman–Crippen MR) is 127 cm³/mol. The van der Waals surface area contributed by atoms with Crippen LogP contribution in [-0.2, 0) is 23.1 Å². The molecular weight excluding hydrogens is 495 g/mol. The zero-order valence-corrected chi connectivity index (χ0v) is 20.8. The number of benzene rings is 1. The van der Waals surface area contributed by atoms with Crippen molar-refractivity contribution in [3.8, 4) is 0 Å². The highest BCUT2D eigenvalue weighted by atomic mass is 32.2. The number of hydrogen-bond acceptors (Lipinski definition) is 5. The molecule has 4 rings (SSSR count). The normalized spacial score (nSPS) is 25.9. The predicted octanol–water partition coefficient (Wildman–Crippen LogP) is 3.75. The van der Waals surface area contributed by atoms with Crippen molar-refractivity contribution in [3.63, 3.8) is 0 Å². The third kappa shape index (κ3) is 5.23. The number of halogens is 3. The van der Waals surface area contributed by atoms with Crippen molar-refractivity contribution in [3.05, 3.63) is 65.0 Å². The Morgan fingerprint density at radius 2 is 1.89 bits per heavy atom. The average molecular weight is 524 g/mol. The lowest BCUT2D eigenvalue weighted by Gasteiger charge is -2.39. The van der Waals surface area contributed by atoms with E-state index >= 15 is 0 Å². The molecule has 11 heteroatoms. The van der Waals surface area contributed by atoms with Gasteiger partial charge in [-0.05, 0) is 54.0 Å². The van der Waals surface area contributed by atoms with Gasteiger partial charge in [0.2, 0.25) is 0 Å². The summed E-state index contributed by atoms with van der Waals surface area (Å²) >= 11 is 0. The van der Waals surface area contributed by atoms with E-state index in [0.29, 0.717) is 29.1 Å². The van der Waals surface area contributed by atoms with E-state index in [1.54, 1.807) is 36.4 Å². The summed E-state index contributed by atoms with van der Waals surface area (Å²) in [5.74, 6) is -1.32. The van der Waals surface area contributed by atoms with Crippen molar-refractivity contribution in [1.29, 1.82) is 0 Å². The molecule has 1 aliphatic heterocycles. The number of alkyl halides is 3. The SMILES string of the molecule is CC[C@@H]1Cc2cc(C(=O)CC(=O)c3ccccn3)ccc2C[C@H](C)[C@]12CN(CC(F)(F)F)S(=O)(=O)N2. The summed E-state index contributed by atoms with van der Waals surface area (Å²) in [6.45, 7) is 1.92. The topological polar surface area (TPSA) is 96.4 Å². The number of carbonyl (C=O) groups excluding carboxylic acids is 2. The first kappa shape index (κ1) is 26.4. The molecule has 1 spiro atoms. The highest BCUT2D eigenvalue weighted by Crippen LogP contribution is 2.43. The average Bonchev–Trinajstić information content (AvgIpc) is 3.01. The van der Waals surface area contributed by atoms with Crippen LogP contribution in [-0.4, -0.2) is 54.1 Å². The molecular formula is C25H28F3N3O4S. The molecule has 7 nitrogen and oxygen atoms in total. The molecule has 0 bridgehead atoms. The van der Waals surface area contributed by atoms with Gasteiger partial charge in [0, 0.05) is 18.3 Å². The molecule has 2 heterocycles. The quantitative estimate of drug-likeness (QED) is 0.460.